The van der Waals surface area contributed by atoms with Crippen molar-refractivity contribution in [2.45, 2.75) is 59.4 Å². The van der Waals surface area contributed by atoms with Crippen LogP contribution in [-0.2, 0) is 12.8 Å². The summed E-state index contributed by atoms with van der Waals surface area (Å²) in [7, 11) is 0. The first kappa shape index (κ1) is 12.6. The van der Waals surface area contributed by atoms with Crippen molar-refractivity contribution in [1.82, 2.24) is 9.55 Å². The lowest BCUT2D eigenvalue weighted by Crippen LogP contribution is -2.33. The predicted molar refractivity (Wildman–Crippen MR) is 71.2 cm³/mol. The number of hydrogen-bond acceptors (Lipinski definition) is 2. The van der Waals surface area contributed by atoms with Gasteiger partial charge in [0.05, 0.1) is 11.7 Å². The van der Waals surface area contributed by atoms with Crippen LogP contribution in [0.5, 0.6) is 0 Å². The van der Waals surface area contributed by atoms with Crippen LogP contribution in [0.15, 0.2) is 0 Å². The van der Waals surface area contributed by atoms with Crippen LogP contribution in [0.2, 0.25) is 0 Å². The zero-order valence-corrected chi connectivity index (χ0v) is 11.6. The van der Waals surface area contributed by atoms with E-state index in [4.69, 9.17) is 10.7 Å². The van der Waals surface area contributed by atoms with Gasteiger partial charge in [-0.3, -0.25) is 0 Å². The van der Waals surface area contributed by atoms with Crippen molar-refractivity contribution in [3.05, 3.63) is 17.2 Å². The van der Waals surface area contributed by atoms with E-state index in [1.54, 1.807) is 0 Å². The average Bonchev–Trinajstić information content (AvgIpc) is 2.55. The molecular formula is C14H25N3. The number of nitrogens with zero attached hydrogens (tertiary/aromatic N) is 2. The topological polar surface area (TPSA) is 43.8 Å². The Morgan fingerprint density at radius 2 is 1.94 bits per heavy atom. The Balaban J connectivity index is 2.46. The minimum atomic E-state index is 0.186. The van der Waals surface area contributed by atoms with Crippen molar-refractivity contribution in [2.75, 3.05) is 6.54 Å². The molecule has 1 aliphatic carbocycles. The molecule has 2 N–H and O–H groups in total. The van der Waals surface area contributed by atoms with Crippen molar-refractivity contribution < 1.29 is 0 Å². The summed E-state index contributed by atoms with van der Waals surface area (Å²) in [6.07, 6.45) is 4.89. The number of aromatic nitrogens is 2. The molecule has 3 heteroatoms. The third kappa shape index (κ3) is 2.25. The SMILES string of the molecule is Cc1nc2c(n1C(CN)C(C)(C)C)CCCC2. The summed E-state index contributed by atoms with van der Waals surface area (Å²) in [6, 6.07) is 0.358. The van der Waals surface area contributed by atoms with Crippen molar-refractivity contribution in [3.8, 4) is 0 Å². The maximum absolute atomic E-state index is 6.00. The molecule has 1 heterocycles. The number of aryl methyl sites for hydroxylation is 2. The van der Waals surface area contributed by atoms with E-state index in [1.807, 2.05) is 0 Å². The van der Waals surface area contributed by atoms with E-state index < -0.39 is 0 Å². The molecule has 0 aliphatic heterocycles. The van der Waals surface area contributed by atoms with Gasteiger partial charge < -0.3 is 10.3 Å². The Morgan fingerprint density at radius 3 is 2.53 bits per heavy atom. The molecule has 1 aliphatic rings. The Hall–Kier alpha value is -0.830. The van der Waals surface area contributed by atoms with E-state index in [2.05, 4.69) is 32.3 Å². The molecule has 3 nitrogen and oxygen atoms in total. The molecule has 1 unspecified atom stereocenters. The minimum Gasteiger partial charge on any atom is -0.328 e. The normalized spacial score (nSPS) is 17.9. The largest absolute Gasteiger partial charge is 0.328 e. The molecule has 0 radical (unpaired) electrons. The van der Waals surface area contributed by atoms with Crippen LogP contribution in [0.25, 0.3) is 0 Å². The van der Waals surface area contributed by atoms with E-state index in [0.717, 1.165) is 12.2 Å². The van der Waals surface area contributed by atoms with Crippen molar-refractivity contribution >= 4 is 0 Å². The van der Waals surface area contributed by atoms with Gasteiger partial charge in [-0.05, 0) is 38.0 Å². The Bertz CT molecular complexity index is 398. The van der Waals surface area contributed by atoms with Crippen LogP contribution < -0.4 is 5.73 Å². The van der Waals surface area contributed by atoms with Gasteiger partial charge in [-0.1, -0.05) is 20.8 Å². The number of hydrogen-bond donors (Lipinski definition) is 1. The summed E-state index contributed by atoms with van der Waals surface area (Å²) < 4.78 is 2.41. The summed E-state index contributed by atoms with van der Waals surface area (Å²) in [6.45, 7) is 9.59. The lowest BCUT2D eigenvalue weighted by atomic mass is 9.86. The van der Waals surface area contributed by atoms with E-state index in [1.165, 1.54) is 30.7 Å². The zero-order chi connectivity index (χ0) is 12.6. The van der Waals surface area contributed by atoms with Crippen molar-refractivity contribution in [1.29, 1.82) is 0 Å². The summed E-state index contributed by atoms with van der Waals surface area (Å²) >= 11 is 0. The molecule has 96 valence electrons. The highest BCUT2D eigenvalue weighted by molar-refractivity contribution is 5.21. The fourth-order valence-electron chi connectivity index (χ4n) is 2.96. The van der Waals surface area contributed by atoms with Crippen LogP contribution in [0.4, 0.5) is 0 Å². The summed E-state index contributed by atoms with van der Waals surface area (Å²) in [5.74, 6) is 1.14. The predicted octanol–water partition coefficient (Wildman–Crippen LogP) is 2.62. The van der Waals surface area contributed by atoms with Crippen LogP contribution in [0.3, 0.4) is 0 Å². The average molecular weight is 235 g/mol. The smallest absolute Gasteiger partial charge is 0.106 e. The molecule has 0 bridgehead atoms. The van der Waals surface area contributed by atoms with Crippen LogP contribution in [0.1, 0.15) is 56.9 Å². The molecule has 0 amide bonds. The van der Waals surface area contributed by atoms with Crippen LogP contribution >= 0.6 is 0 Å². The van der Waals surface area contributed by atoms with E-state index in [9.17, 15) is 0 Å². The molecule has 2 rings (SSSR count). The second-order valence-electron chi connectivity index (χ2n) is 6.25. The van der Waals surface area contributed by atoms with Gasteiger partial charge in [-0.25, -0.2) is 4.98 Å². The lowest BCUT2D eigenvalue weighted by Gasteiger charge is -2.33. The van der Waals surface area contributed by atoms with Gasteiger partial charge in [-0.15, -0.1) is 0 Å². The highest BCUT2D eigenvalue weighted by atomic mass is 15.1. The Labute approximate surface area is 104 Å². The maximum Gasteiger partial charge on any atom is 0.106 e. The second-order valence-corrected chi connectivity index (χ2v) is 6.25. The van der Waals surface area contributed by atoms with Crippen molar-refractivity contribution in [3.63, 3.8) is 0 Å². The molecule has 0 saturated carbocycles. The molecule has 0 saturated heterocycles. The number of fused-ring (bicyclic) bond motifs is 1. The van der Waals surface area contributed by atoms with Gasteiger partial charge in [0.2, 0.25) is 0 Å². The van der Waals surface area contributed by atoms with E-state index in [-0.39, 0.29) is 5.41 Å². The Kier molecular flexibility index (Phi) is 3.30. The quantitative estimate of drug-likeness (QED) is 0.856. The standard InChI is InChI=1S/C14H25N3/c1-10-16-11-7-5-6-8-12(11)17(10)13(9-15)14(2,3)4/h13H,5-9,15H2,1-4H3. The molecule has 17 heavy (non-hydrogen) atoms. The molecule has 0 fully saturated rings. The first-order valence-corrected chi connectivity index (χ1v) is 6.71. The summed E-state index contributed by atoms with van der Waals surface area (Å²) in [4.78, 5) is 4.74. The van der Waals surface area contributed by atoms with Crippen molar-refractivity contribution in [2.24, 2.45) is 11.1 Å². The highest BCUT2D eigenvalue weighted by Gasteiger charge is 2.30. The second kappa shape index (κ2) is 4.45. The molecule has 1 atom stereocenters. The molecule has 0 spiro atoms. The number of nitrogens with two attached hydrogens (primary N) is 1. The maximum atomic E-state index is 6.00. The molecular weight excluding hydrogens is 210 g/mol. The molecule has 0 aromatic carbocycles. The summed E-state index contributed by atoms with van der Waals surface area (Å²) in [5, 5.41) is 0. The third-order valence-corrected chi connectivity index (χ3v) is 3.88. The van der Waals surface area contributed by atoms with Gasteiger partial charge in [0.25, 0.3) is 0 Å². The number of imidazole rings is 1. The van der Waals surface area contributed by atoms with E-state index >= 15 is 0 Å². The van der Waals surface area contributed by atoms with Gasteiger partial charge in [-0.2, -0.15) is 0 Å². The highest BCUT2D eigenvalue weighted by Crippen LogP contribution is 2.34. The lowest BCUT2D eigenvalue weighted by molar-refractivity contribution is 0.240. The van der Waals surface area contributed by atoms with Gasteiger partial charge in [0.1, 0.15) is 5.82 Å². The first-order valence-electron chi connectivity index (χ1n) is 6.71. The van der Waals surface area contributed by atoms with Crippen LogP contribution in [-0.4, -0.2) is 16.1 Å². The summed E-state index contributed by atoms with van der Waals surface area (Å²) in [5.41, 5.74) is 8.95. The molecule has 1 aromatic heterocycles. The van der Waals surface area contributed by atoms with Gasteiger partial charge in [0, 0.05) is 12.2 Å². The van der Waals surface area contributed by atoms with Gasteiger partial charge >= 0.3 is 0 Å². The first-order chi connectivity index (χ1) is 7.95. The fourth-order valence-corrected chi connectivity index (χ4v) is 2.96. The minimum absolute atomic E-state index is 0.186. The Morgan fingerprint density at radius 1 is 1.29 bits per heavy atom. The number of rotatable bonds is 2. The van der Waals surface area contributed by atoms with E-state index in [0.29, 0.717) is 12.6 Å². The fraction of sp³-hybridized carbons (Fsp3) is 0.786. The van der Waals surface area contributed by atoms with Crippen LogP contribution in [0, 0.1) is 12.3 Å². The molecule has 1 aromatic rings. The zero-order valence-electron chi connectivity index (χ0n) is 11.6. The van der Waals surface area contributed by atoms with Gasteiger partial charge in [0.15, 0.2) is 0 Å². The third-order valence-electron chi connectivity index (χ3n) is 3.88. The monoisotopic (exact) mass is 235 g/mol.